The normalized spacial score (nSPS) is 25.5. The van der Waals surface area contributed by atoms with Crippen LogP contribution in [0.1, 0.15) is 0 Å². The van der Waals surface area contributed by atoms with E-state index in [1.807, 2.05) is 18.3 Å². The van der Waals surface area contributed by atoms with E-state index in [-0.39, 0.29) is 0 Å². The molecule has 1 atom stereocenters. The second kappa shape index (κ2) is 2.85. The summed E-state index contributed by atoms with van der Waals surface area (Å²) in [6, 6.07) is 3.90. The van der Waals surface area contributed by atoms with E-state index in [0.29, 0.717) is 6.17 Å². The third-order valence-electron chi connectivity index (χ3n) is 2.97. The van der Waals surface area contributed by atoms with Crippen LogP contribution in [0.2, 0.25) is 0 Å². The number of nitrogens with zero attached hydrogens (tertiary/aromatic N) is 3. The first-order valence-corrected chi connectivity index (χ1v) is 4.91. The van der Waals surface area contributed by atoms with Gasteiger partial charge < -0.3 is 9.64 Å². The maximum atomic E-state index is 5.66. The Morgan fingerprint density at radius 3 is 3.36 bits per heavy atom. The lowest BCUT2D eigenvalue weighted by Gasteiger charge is -2.34. The first kappa shape index (κ1) is 8.05. The number of pyridine rings is 1. The van der Waals surface area contributed by atoms with Crippen LogP contribution >= 0.6 is 0 Å². The van der Waals surface area contributed by atoms with E-state index >= 15 is 0 Å². The number of likely N-dealkylation sites (N-methyl/N-ethyl adjacent to an activating group) is 1. The second-order valence-electron chi connectivity index (χ2n) is 3.79. The fourth-order valence-corrected chi connectivity index (χ4v) is 2.14. The lowest BCUT2D eigenvalue weighted by atomic mass is 10.3. The predicted octanol–water partition coefficient (Wildman–Crippen LogP) is 0.552. The number of hydrogen-bond acceptors (Lipinski definition) is 4. The number of fused-ring (bicyclic) bond motifs is 3. The average molecular weight is 191 g/mol. The number of hydrogen-bond donors (Lipinski definition) is 0. The summed E-state index contributed by atoms with van der Waals surface area (Å²) in [6.07, 6.45) is 2.19. The van der Waals surface area contributed by atoms with Crippen molar-refractivity contribution < 1.29 is 4.74 Å². The molecule has 14 heavy (non-hydrogen) atoms. The van der Waals surface area contributed by atoms with Crippen LogP contribution in [0.15, 0.2) is 18.3 Å². The van der Waals surface area contributed by atoms with Gasteiger partial charge in [-0.1, -0.05) is 0 Å². The molecule has 3 rings (SSSR count). The minimum atomic E-state index is 0.373. The standard InChI is InChI=1S/C10H13N3O/c1-12-5-6-13-9(12)7-14-8-3-2-4-11-10(8)13/h2-4,9H,5-7H2,1H3. The van der Waals surface area contributed by atoms with Crippen molar-refractivity contribution in [2.45, 2.75) is 6.17 Å². The maximum Gasteiger partial charge on any atom is 0.172 e. The molecule has 4 nitrogen and oxygen atoms in total. The minimum absolute atomic E-state index is 0.373. The van der Waals surface area contributed by atoms with Gasteiger partial charge in [0.1, 0.15) is 12.8 Å². The average Bonchev–Trinajstić information content (AvgIpc) is 2.61. The first-order chi connectivity index (χ1) is 6.86. The van der Waals surface area contributed by atoms with Gasteiger partial charge in [-0.2, -0.15) is 0 Å². The lowest BCUT2D eigenvalue weighted by molar-refractivity contribution is 0.184. The van der Waals surface area contributed by atoms with E-state index < -0.39 is 0 Å². The molecule has 0 bridgehead atoms. The van der Waals surface area contributed by atoms with Gasteiger partial charge in [-0.3, -0.25) is 4.90 Å². The van der Waals surface area contributed by atoms with Crippen molar-refractivity contribution in [1.82, 2.24) is 9.88 Å². The highest BCUT2D eigenvalue weighted by Gasteiger charge is 2.35. The SMILES string of the molecule is CN1CCN2c3ncccc3OCC12. The Kier molecular flexibility index (Phi) is 1.64. The van der Waals surface area contributed by atoms with Crippen molar-refractivity contribution in [3.8, 4) is 5.75 Å². The Hall–Kier alpha value is -1.29. The highest BCUT2D eigenvalue weighted by Crippen LogP contribution is 2.33. The highest BCUT2D eigenvalue weighted by molar-refractivity contribution is 5.55. The number of aromatic nitrogens is 1. The Morgan fingerprint density at radius 1 is 1.50 bits per heavy atom. The summed E-state index contributed by atoms with van der Waals surface area (Å²) >= 11 is 0. The van der Waals surface area contributed by atoms with Crippen molar-refractivity contribution >= 4 is 5.82 Å². The maximum absolute atomic E-state index is 5.66. The molecule has 2 aliphatic heterocycles. The van der Waals surface area contributed by atoms with Crippen LogP contribution < -0.4 is 9.64 Å². The molecule has 2 aliphatic rings. The molecule has 3 heterocycles. The molecule has 1 unspecified atom stereocenters. The highest BCUT2D eigenvalue weighted by atomic mass is 16.5. The molecular weight excluding hydrogens is 178 g/mol. The van der Waals surface area contributed by atoms with Gasteiger partial charge in [0.2, 0.25) is 0 Å². The molecule has 1 fully saturated rings. The lowest BCUT2D eigenvalue weighted by Crippen LogP contribution is -2.44. The van der Waals surface area contributed by atoms with Crippen molar-refractivity contribution in [2.75, 3.05) is 31.6 Å². The van der Waals surface area contributed by atoms with Crippen LogP contribution in [0.25, 0.3) is 0 Å². The molecule has 1 aromatic heterocycles. The van der Waals surface area contributed by atoms with Crippen LogP contribution in [-0.2, 0) is 0 Å². The molecular formula is C10H13N3O. The fraction of sp³-hybridized carbons (Fsp3) is 0.500. The second-order valence-corrected chi connectivity index (χ2v) is 3.79. The molecule has 0 aliphatic carbocycles. The van der Waals surface area contributed by atoms with Gasteiger partial charge in [0, 0.05) is 19.3 Å². The fourth-order valence-electron chi connectivity index (χ4n) is 2.14. The van der Waals surface area contributed by atoms with Crippen LogP contribution in [0.4, 0.5) is 5.82 Å². The summed E-state index contributed by atoms with van der Waals surface area (Å²) in [7, 11) is 2.13. The molecule has 0 aromatic carbocycles. The minimum Gasteiger partial charge on any atom is -0.486 e. The van der Waals surface area contributed by atoms with Gasteiger partial charge in [-0.05, 0) is 19.2 Å². The molecule has 0 radical (unpaired) electrons. The Balaban J connectivity index is 2.03. The van der Waals surface area contributed by atoms with Crippen LogP contribution in [0, 0.1) is 0 Å². The van der Waals surface area contributed by atoms with Gasteiger partial charge in [-0.25, -0.2) is 4.98 Å². The Bertz CT molecular complexity index is 355. The van der Waals surface area contributed by atoms with Crippen LogP contribution in [-0.4, -0.2) is 42.8 Å². The number of ether oxygens (including phenoxy) is 1. The van der Waals surface area contributed by atoms with Gasteiger partial charge in [-0.15, -0.1) is 0 Å². The molecule has 0 spiro atoms. The molecule has 74 valence electrons. The van der Waals surface area contributed by atoms with Crippen LogP contribution in [0.5, 0.6) is 5.75 Å². The smallest absolute Gasteiger partial charge is 0.172 e. The van der Waals surface area contributed by atoms with E-state index in [0.717, 1.165) is 31.3 Å². The van der Waals surface area contributed by atoms with E-state index in [9.17, 15) is 0 Å². The van der Waals surface area contributed by atoms with Crippen molar-refractivity contribution in [1.29, 1.82) is 0 Å². The third-order valence-corrected chi connectivity index (χ3v) is 2.97. The quantitative estimate of drug-likeness (QED) is 0.599. The van der Waals surface area contributed by atoms with E-state index in [4.69, 9.17) is 4.74 Å². The molecule has 4 heteroatoms. The predicted molar refractivity (Wildman–Crippen MR) is 53.5 cm³/mol. The van der Waals surface area contributed by atoms with Gasteiger partial charge in [0.05, 0.1) is 0 Å². The molecule has 0 amide bonds. The largest absolute Gasteiger partial charge is 0.486 e. The summed E-state index contributed by atoms with van der Waals surface area (Å²) in [5.41, 5.74) is 0. The summed E-state index contributed by atoms with van der Waals surface area (Å²) in [4.78, 5) is 8.99. The van der Waals surface area contributed by atoms with Crippen molar-refractivity contribution in [3.05, 3.63) is 18.3 Å². The van der Waals surface area contributed by atoms with E-state index in [1.165, 1.54) is 0 Å². The van der Waals surface area contributed by atoms with Crippen molar-refractivity contribution in [2.24, 2.45) is 0 Å². The van der Waals surface area contributed by atoms with Gasteiger partial charge in [0.25, 0.3) is 0 Å². The summed E-state index contributed by atoms with van der Waals surface area (Å²) in [5, 5.41) is 0. The van der Waals surface area contributed by atoms with Gasteiger partial charge in [0.15, 0.2) is 11.6 Å². The summed E-state index contributed by atoms with van der Waals surface area (Å²) in [6.45, 7) is 2.88. The van der Waals surface area contributed by atoms with E-state index in [1.54, 1.807) is 0 Å². The zero-order chi connectivity index (χ0) is 9.54. The third kappa shape index (κ3) is 1.00. The summed E-state index contributed by atoms with van der Waals surface area (Å²) in [5.74, 6) is 1.91. The molecule has 1 saturated heterocycles. The zero-order valence-corrected chi connectivity index (χ0v) is 8.18. The monoisotopic (exact) mass is 191 g/mol. The topological polar surface area (TPSA) is 28.6 Å². The first-order valence-electron chi connectivity index (χ1n) is 4.91. The molecule has 1 aromatic rings. The molecule has 0 saturated carbocycles. The van der Waals surface area contributed by atoms with Gasteiger partial charge >= 0.3 is 0 Å². The zero-order valence-electron chi connectivity index (χ0n) is 8.18. The number of anilines is 1. The Labute approximate surface area is 83.1 Å². The Morgan fingerprint density at radius 2 is 2.43 bits per heavy atom. The van der Waals surface area contributed by atoms with Crippen molar-refractivity contribution in [3.63, 3.8) is 0 Å². The van der Waals surface area contributed by atoms with E-state index in [2.05, 4.69) is 21.8 Å². The number of rotatable bonds is 0. The van der Waals surface area contributed by atoms with Crippen LogP contribution in [0.3, 0.4) is 0 Å². The molecule has 0 N–H and O–H groups in total. The summed E-state index contributed by atoms with van der Waals surface area (Å²) < 4.78 is 5.66.